The minimum Gasteiger partial charge on any atom is -0.326 e. The van der Waals surface area contributed by atoms with Crippen molar-refractivity contribution in [3.05, 3.63) is 28.8 Å². The Kier molecular flexibility index (Phi) is 7.09. The first-order valence-corrected chi connectivity index (χ1v) is 8.78. The maximum atomic E-state index is 12.7. The molecule has 0 bridgehead atoms. The number of nitrogens with zero attached hydrogens (tertiary/aromatic N) is 2. The van der Waals surface area contributed by atoms with Crippen LogP contribution in [0.2, 0.25) is 5.02 Å². The molecule has 0 saturated heterocycles. The molecule has 0 amide bonds. The van der Waals surface area contributed by atoms with Gasteiger partial charge in [-0.25, -0.2) is 8.42 Å². The van der Waals surface area contributed by atoms with Crippen molar-refractivity contribution in [1.29, 1.82) is 0 Å². The van der Waals surface area contributed by atoms with Crippen LogP contribution in [0.4, 0.5) is 0 Å². The maximum Gasteiger partial charge on any atom is 0.243 e. The SMILES string of the molecule is CCCN(CCN(C)C)S(=O)(=O)c1ccc(Cl)c(CN)c1. The number of hydrogen-bond acceptors (Lipinski definition) is 4. The molecule has 1 aromatic rings. The van der Waals surface area contributed by atoms with Crippen LogP contribution in [0.3, 0.4) is 0 Å². The Labute approximate surface area is 132 Å². The normalized spacial score (nSPS) is 12.3. The van der Waals surface area contributed by atoms with Crippen LogP contribution in [0.1, 0.15) is 18.9 Å². The number of halogens is 1. The molecule has 0 atom stereocenters. The summed E-state index contributed by atoms with van der Waals surface area (Å²) in [6.07, 6.45) is 0.768. The van der Waals surface area contributed by atoms with Crippen LogP contribution in [-0.4, -0.2) is 51.4 Å². The third-order valence-electron chi connectivity index (χ3n) is 3.14. The average Bonchev–Trinajstić information content (AvgIpc) is 2.43. The van der Waals surface area contributed by atoms with Gasteiger partial charge >= 0.3 is 0 Å². The number of sulfonamides is 1. The van der Waals surface area contributed by atoms with E-state index in [1.165, 1.54) is 10.4 Å². The molecule has 1 aromatic carbocycles. The van der Waals surface area contributed by atoms with Crippen molar-refractivity contribution in [2.24, 2.45) is 5.73 Å². The molecule has 0 heterocycles. The summed E-state index contributed by atoms with van der Waals surface area (Å²) in [5, 5.41) is 0.492. The van der Waals surface area contributed by atoms with E-state index in [0.29, 0.717) is 30.2 Å². The molecule has 0 radical (unpaired) electrons. The van der Waals surface area contributed by atoms with Crippen LogP contribution in [0, 0.1) is 0 Å². The standard InChI is InChI=1S/C14H24ClN3O2S/c1-4-7-18(9-8-17(2)3)21(19,20)13-5-6-14(15)12(10-13)11-16/h5-6,10H,4,7-9,11,16H2,1-3H3. The summed E-state index contributed by atoms with van der Waals surface area (Å²) in [5.74, 6) is 0. The third kappa shape index (κ3) is 4.93. The minimum atomic E-state index is -3.52. The highest BCUT2D eigenvalue weighted by atomic mass is 35.5. The first-order valence-electron chi connectivity index (χ1n) is 6.96. The largest absolute Gasteiger partial charge is 0.326 e. The Morgan fingerprint density at radius 1 is 1.19 bits per heavy atom. The van der Waals surface area contributed by atoms with E-state index in [9.17, 15) is 8.42 Å². The van der Waals surface area contributed by atoms with Gasteiger partial charge in [-0.1, -0.05) is 18.5 Å². The summed E-state index contributed by atoms with van der Waals surface area (Å²) in [6, 6.07) is 4.69. The zero-order chi connectivity index (χ0) is 16.0. The van der Waals surface area contributed by atoms with E-state index in [-0.39, 0.29) is 11.4 Å². The van der Waals surface area contributed by atoms with Gasteiger partial charge in [-0.3, -0.25) is 0 Å². The summed E-state index contributed by atoms with van der Waals surface area (Å²) in [5.41, 5.74) is 6.24. The van der Waals surface area contributed by atoms with E-state index >= 15 is 0 Å². The highest BCUT2D eigenvalue weighted by molar-refractivity contribution is 7.89. The Bertz CT molecular complexity index is 561. The first-order chi connectivity index (χ1) is 9.82. The topological polar surface area (TPSA) is 66.6 Å². The molecule has 0 fully saturated rings. The lowest BCUT2D eigenvalue weighted by atomic mass is 10.2. The predicted octanol–water partition coefficient (Wildman–Crippen LogP) is 1.76. The molecule has 0 spiro atoms. The van der Waals surface area contributed by atoms with Gasteiger partial charge in [-0.2, -0.15) is 4.31 Å². The lowest BCUT2D eigenvalue weighted by Gasteiger charge is -2.23. The maximum absolute atomic E-state index is 12.7. The molecule has 0 aliphatic heterocycles. The Morgan fingerprint density at radius 2 is 1.86 bits per heavy atom. The quantitative estimate of drug-likeness (QED) is 0.787. The molecule has 0 aromatic heterocycles. The molecule has 0 aliphatic rings. The molecule has 0 saturated carbocycles. The zero-order valence-corrected chi connectivity index (χ0v) is 14.4. The second kappa shape index (κ2) is 8.10. The lowest BCUT2D eigenvalue weighted by Crippen LogP contribution is -2.37. The van der Waals surface area contributed by atoms with Crippen LogP contribution in [0.5, 0.6) is 0 Å². The molecular formula is C14H24ClN3O2S. The first kappa shape index (κ1) is 18.4. The van der Waals surface area contributed by atoms with Gasteiger partial charge in [-0.05, 0) is 44.3 Å². The van der Waals surface area contributed by atoms with Gasteiger partial charge in [0.1, 0.15) is 0 Å². The highest BCUT2D eigenvalue weighted by Gasteiger charge is 2.24. The zero-order valence-electron chi connectivity index (χ0n) is 12.8. The van der Waals surface area contributed by atoms with E-state index < -0.39 is 10.0 Å². The number of hydrogen-bond donors (Lipinski definition) is 1. The smallest absolute Gasteiger partial charge is 0.243 e. The van der Waals surface area contributed by atoms with Gasteiger partial charge in [0, 0.05) is 31.2 Å². The molecular weight excluding hydrogens is 310 g/mol. The Hall–Kier alpha value is -0.660. The summed E-state index contributed by atoms with van der Waals surface area (Å²) in [7, 11) is 0.329. The molecule has 0 aliphatic carbocycles. The van der Waals surface area contributed by atoms with Crippen molar-refractivity contribution in [2.75, 3.05) is 33.7 Å². The van der Waals surface area contributed by atoms with Gasteiger partial charge in [-0.15, -0.1) is 0 Å². The average molecular weight is 334 g/mol. The summed E-state index contributed by atoms with van der Waals surface area (Å²) in [4.78, 5) is 2.21. The van der Waals surface area contributed by atoms with Gasteiger partial charge in [0.25, 0.3) is 0 Å². The van der Waals surface area contributed by atoms with E-state index in [4.69, 9.17) is 17.3 Å². The van der Waals surface area contributed by atoms with E-state index in [0.717, 1.165) is 6.42 Å². The molecule has 120 valence electrons. The second-order valence-corrected chi connectivity index (χ2v) is 7.51. The second-order valence-electron chi connectivity index (χ2n) is 5.16. The van der Waals surface area contributed by atoms with E-state index in [2.05, 4.69) is 0 Å². The highest BCUT2D eigenvalue weighted by Crippen LogP contribution is 2.22. The van der Waals surface area contributed by atoms with Crippen molar-refractivity contribution in [2.45, 2.75) is 24.8 Å². The van der Waals surface area contributed by atoms with Crippen LogP contribution >= 0.6 is 11.6 Å². The Morgan fingerprint density at radius 3 is 2.38 bits per heavy atom. The van der Waals surface area contributed by atoms with Crippen molar-refractivity contribution in [3.63, 3.8) is 0 Å². The van der Waals surface area contributed by atoms with Crippen LogP contribution < -0.4 is 5.73 Å². The van der Waals surface area contributed by atoms with E-state index in [1.54, 1.807) is 12.1 Å². The van der Waals surface area contributed by atoms with Gasteiger partial charge in [0.15, 0.2) is 0 Å². The number of rotatable bonds is 8. The van der Waals surface area contributed by atoms with Crippen molar-refractivity contribution in [1.82, 2.24) is 9.21 Å². The molecule has 0 unspecified atom stereocenters. The van der Waals surface area contributed by atoms with E-state index in [1.807, 2.05) is 25.9 Å². The molecule has 7 heteroatoms. The fourth-order valence-electron chi connectivity index (χ4n) is 1.93. The number of likely N-dealkylation sites (N-methyl/N-ethyl adjacent to an activating group) is 1. The fourth-order valence-corrected chi connectivity index (χ4v) is 3.70. The van der Waals surface area contributed by atoms with Crippen LogP contribution in [-0.2, 0) is 16.6 Å². The van der Waals surface area contributed by atoms with Crippen molar-refractivity contribution >= 4 is 21.6 Å². The molecule has 1 rings (SSSR count). The fraction of sp³-hybridized carbons (Fsp3) is 0.571. The molecule has 2 N–H and O–H groups in total. The number of nitrogens with two attached hydrogens (primary N) is 1. The van der Waals surface area contributed by atoms with Gasteiger partial charge in [0.05, 0.1) is 4.90 Å². The summed E-state index contributed by atoms with van der Waals surface area (Å²) >= 11 is 5.99. The van der Waals surface area contributed by atoms with Crippen molar-refractivity contribution < 1.29 is 8.42 Å². The summed E-state index contributed by atoms with van der Waals surface area (Å²) in [6.45, 7) is 3.82. The third-order valence-corrected chi connectivity index (χ3v) is 5.41. The molecule has 21 heavy (non-hydrogen) atoms. The predicted molar refractivity (Wildman–Crippen MR) is 86.9 cm³/mol. The Balaban J connectivity index is 3.09. The van der Waals surface area contributed by atoms with Crippen LogP contribution in [0.25, 0.3) is 0 Å². The van der Waals surface area contributed by atoms with Gasteiger partial charge in [0.2, 0.25) is 10.0 Å². The van der Waals surface area contributed by atoms with Crippen molar-refractivity contribution in [3.8, 4) is 0 Å². The minimum absolute atomic E-state index is 0.216. The summed E-state index contributed by atoms with van der Waals surface area (Å²) < 4.78 is 27.0. The lowest BCUT2D eigenvalue weighted by molar-refractivity contribution is 0.333. The van der Waals surface area contributed by atoms with Crippen LogP contribution in [0.15, 0.2) is 23.1 Å². The number of benzene rings is 1. The monoisotopic (exact) mass is 333 g/mol. The van der Waals surface area contributed by atoms with Gasteiger partial charge < -0.3 is 10.6 Å². The molecule has 5 nitrogen and oxygen atoms in total.